The fraction of sp³-hybridized carbons (Fsp3) is 0.143. The molecule has 0 saturated heterocycles. The monoisotopic (exact) mass is 260 g/mol. The number of benzene rings is 1. The van der Waals surface area contributed by atoms with E-state index in [1.807, 2.05) is 12.1 Å². The lowest BCUT2D eigenvalue weighted by atomic mass is 10.1. The molecule has 1 heterocycles. The van der Waals surface area contributed by atoms with Crippen LogP contribution in [0, 0.1) is 5.82 Å². The molecule has 0 bridgehead atoms. The maximum absolute atomic E-state index is 13.4. The summed E-state index contributed by atoms with van der Waals surface area (Å²) in [4.78, 5) is 15.6. The highest BCUT2D eigenvalue weighted by Gasteiger charge is 2.12. The standard InChI is InChI=1S/C14H13FN2O2/c1-19-9-10-4-2-3-5-13(10)17-14(18)11-6-7-16-8-12(11)15/h2-8H,9H2,1H3,(H,17,18). The van der Waals surface area contributed by atoms with Gasteiger partial charge in [0.1, 0.15) is 0 Å². The molecule has 1 amide bonds. The minimum atomic E-state index is -0.649. The molecule has 98 valence electrons. The summed E-state index contributed by atoms with van der Waals surface area (Å²) in [6.45, 7) is 0.370. The van der Waals surface area contributed by atoms with Crippen molar-refractivity contribution in [3.05, 3.63) is 59.7 Å². The van der Waals surface area contributed by atoms with Gasteiger partial charge in [-0.25, -0.2) is 4.39 Å². The number of amides is 1. The highest BCUT2D eigenvalue weighted by atomic mass is 19.1. The van der Waals surface area contributed by atoms with Crippen molar-refractivity contribution in [2.24, 2.45) is 0 Å². The first-order valence-electron chi connectivity index (χ1n) is 5.70. The van der Waals surface area contributed by atoms with E-state index in [0.717, 1.165) is 11.8 Å². The number of para-hydroxylation sites is 1. The van der Waals surface area contributed by atoms with Crippen LogP contribution >= 0.6 is 0 Å². The van der Waals surface area contributed by atoms with Crippen molar-refractivity contribution in [3.63, 3.8) is 0 Å². The molecule has 4 nitrogen and oxygen atoms in total. The van der Waals surface area contributed by atoms with Gasteiger partial charge in [-0.1, -0.05) is 18.2 Å². The van der Waals surface area contributed by atoms with Crippen molar-refractivity contribution < 1.29 is 13.9 Å². The smallest absolute Gasteiger partial charge is 0.258 e. The van der Waals surface area contributed by atoms with E-state index in [2.05, 4.69) is 10.3 Å². The Labute approximate surface area is 110 Å². The summed E-state index contributed by atoms with van der Waals surface area (Å²) < 4.78 is 18.5. The average molecular weight is 260 g/mol. The van der Waals surface area contributed by atoms with Crippen LogP contribution in [-0.4, -0.2) is 18.0 Å². The topological polar surface area (TPSA) is 51.2 Å². The predicted molar refractivity (Wildman–Crippen MR) is 69.3 cm³/mol. The van der Waals surface area contributed by atoms with Crippen LogP contribution in [0.3, 0.4) is 0 Å². The van der Waals surface area contributed by atoms with E-state index in [1.54, 1.807) is 19.2 Å². The summed E-state index contributed by atoms with van der Waals surface area (Å²) in [5.74, 6) is -1.16. The second kappa shape index (κ2) is 6.06. The SMILES string of the molecule is COCc1ccccc1NC(=O)c1ccncc1F. The molecule has 1 N–H and O–H groups in total. The number of nitrogens with one attached hydrogen (secondary N) is 1. The van der Waals surface area contributed by atoms with Crippen LogP contribution in [0.4, 0.5) is 10.1 Å². The van der Waals surface area contributed by atoms with Crippen LogP contribution in [0.25, 0.3) is 0 Å². The maximum Gasteiger partial charge on any atom is 0.258 e. The van der Waals surface area contributed by atoms with Crippen molar-refractivity contribution >= 4 is 11.6 Å². The summed E-state index contributed by atoms with van der Waals surface area (Å²) in [5, 5.41) is 2.67. The average Bonchev–Trinajstić information content (AvgIpc) is 2.41. The molecule has 0 saturated carbocycles. The van der Waals surface area contributed by atoms with E-state index < -0.39 is 11.7 Å². The third kappa shape index (κ3) is 3.14. The molecule has 0 spiro atoms. The minimum absolute atomic E-state index is 0.0396. The Morgan fingerprint density at radius 3 is 2.89 bits per heavy atom. The van der Waals surface area contributed by atoms with E-state index >= 15 is 0 Å². The molecule has 0 unspecified atom stereocenters. The van der Waals surface area contributed by atoms with Crippen LogP contribution in [-0.2, 0) is 11.3 Å². The van der Waals surface area contributed by atoms with Gasteiger partial charge in [0.05, 0.1) is 18.4 Å². The lowest BCUT2D eigenvalue weighted by molar-refractivity contribution is 0.102. The van der Waals surface area contributed by atoms with Gasteiger partial charge in [0.15, 0.2) is 5.82 Å². The zero-order valence-electron chi connectivity index (χ0n) is 10.4. The Morgan fingerprint density at radius 1 is 1.37 bits per heavy atom. The molecule has 0 aliphatic rings. The van der Waals surface area contributed by atoms with Gasteiger partial charge < -0.3 is 10.1 Å². The molecule has 19 heavy (non-hydrogen) atoms. The number of carbonyl (C=O) groups excluding carboxylic acids is 1. The number of carbonyl (C=O) groups is 1. The molecule has 1 aromatic carbocycles. The lowest BCUT2D eigenvalue weighted by Crippen LogP contribution is -2.15. The van der Waals surface area contributed by atoms with Gasteiger partial charge in [-0.15, -0.1) is 0 Å². The zero-order valence-corrected chi connectivity index (χ0v) is 10.4. The fourth-order valence-corrected chi connectivity index (χ4v) is 1.67. The summed E-state index contributed by atoms with van der Waals surface area (Å²) in [6, 6.07) is 8.55. The zero-order chi connectivity index (χ0) is 13.7. The number of hydrogen-bond acceptors (Lipinski definition) is 3. The van der Waals surface area contributed by atoms with Gasteiger partial charge in [-0.05, 0) is 12.1 Å². The Morgan fingerprint density at radius 2 is 2.16 bits per heavy atom. The van der Waals surface area contributed by atoms with Crippen LogP contribution in [0.15, 0.2) is 42.7 Å². The van der Waals surface area contributed by atoms with Crippen molar-refractivity contribution in [2.75, 3.05) is 12.4 Å². The molecular weight excluding hydrogens is 247 g/mol. The number of aromatic nitrogens is 1. The highest BCUT2D eigenvalue weighted by Crippen LogP contribution is 2.17. The maximum atomic E-state index is 13.4. The van der Waals surface area contributed by atoms with Crippen LogP contribution in [0.2, 0.25) is 0 Å². The van der Waals surface area contributed by atoms with Crippen molar-refractivity contribution in [3.8, 4) is 0 Å². The van der Waals surface area contributed by atoms with Crippen LogP contribution < -0.4 is 5.32 Å². The number of nitrogens with zero attached hydrogens (tertiary/aromatic N) is 1. The molecule has 0 atom stereocenters. The number of pyridine rings is 1. The molecule has 1 aromatic heterocycles. The molecule has 0 aliphatic carbocycles. The highest BCUT2D eigenvalue weighted by molar-refractivity contribution is 6.04. The first kappa shape index (κ1) is 13.2. The Bertz CT molecular complexity index is 587. The van der Waals surface area contributed by atoms with Gasteiger partial charge >= 0.3 is 0 Å². The summed E-state index contributed by atoms with van der Waals surface area (Å²) in [5.41, 5.74) is 1.39. The molecule has 0 aliphatic heterocycles. The van der Waals surface area contributed by atoms with Crippen molar-refractivity contribution in [2.45, 2.75) is 6.61 Å². The second-order valence-electron chi connectivity index (χ2n) is 3.90. The van der Waals surface area contributed by atoms with Crippen molar-refractivity contribution in [1.29, 1.82) is 0 Å². The quantitative estimate of drug-likeness (QED) is 0.919. The van der Waals surface area contributed by atoms with Gasteiger partial charge in [0.2, 0.25) is 0 Å². The lowest BCUT2D eigenvalue weighted by Gasteiger charge is -2.10. The number of hydrogen-bond donors (Lipinski definition) is 1. The van der Waals surface area contributed by atoms with E-state index in [1.165, 1.54) is 12.3 Å². The largest absolute Gasteiger partial charge is 0.380 e. The Kier molecular flexibility index (Phi) is 4.20. The Balaban J connectivity index is 2.22. The van der Waals surface area contributed by atoms with Crippen LogP contribution in [0.1, 0.15) is 15.9 Å². The minimum Gasteiger partial charge on any atom is -0.380 e. The number of ether oxygens (including phenoxy) is 1. The molecule has 2 aromatic rings. The first-order chi connectivity index (χ1) is 9.22. The van der Waals surface area contributed by atoms with Gasteiger partial charge in [-0.2, -0.15) is 0 Å². The molecule has 2 rings (SSSR count). The molecular formula is C14H13FN2O2. The number of halogens is 1. The summed E-state index contributed by atoms with van der Waals surface area (Å²) in [7, 11) is 1.57. The fourth-order valence-electron chi connectivity index (χ4n) is 1.67. The normalized spacial score (nSPS) is 10.2. The van der Waals surface area contributed by atoms with E-state index in [0.29, 0.717) is 12.3 Å². The molecule has 5 heteroatoms. The van der Waals surface area contributed by atoms with Gasteiger partial charge in [-0.3, -0.25) is 9.78 Å². The van der Waals surface area contributed by atoms with Crippen LogP contribution in [0.5, 0.6) is 0 Å². The third-order valence-electron chi connectivity index (χ3n) is 2.58. The second-order valence-corrected chi connectivity index (χ2v) is 3.90. The molecule has 0 radical (unpaired) electrons. The first-order valence-corrected chi connectivity index (χ1v) is 5.70. The summed E-state index contributed by atoms with van der Waals surface area (Å²) in [6.07, 6.45) is 2.38. The number of rotatable bonds is 4. The van der Waals surface area contributed by atoms with E-state index in [4.69, 9.17) is 4.74 Å². The van der Waals surface area contributed by atoms with Crippen molar-refractivity contribution in [1.82, 2.24) is 4.98 Å². The Hall–Kier alpha value is -2.27. The van der Waals surface area contributed by atoms with E-state index in [9.17, 15) is 9.18 Å². The van der Waals surface area contributed by atoms with Gasteiger partial charge in [0.25, 0.3) is 5.91 Å². The third-order valence-corrected chi connectivity index (χ3v) is 2.58. The number of anilines is 1. The molecule has 0 fully saturated rings. The summed E-state index contributed by atoms with van der Waals surface area (Å²) >= 11 is 0. The van der Waals surface area contributed by atoms with Gasteiger partial charge in [0, 0.05) is 24.6 Å². The predicted octanol–water partition coefficient (Wildman–Crippen LogP) is 2.62. The van der Waals surface area contributed by atoms with E-state index in [-0.39, 0.29) is 5.56 Å². The number of methoxy groups -OCH3 is 1.